The highest BCUT2D eigenvalue weighted by Crippen LogP contribution is 2.23. The molecular formula is C13H10ClFN2O3S. The van der Waals surface area contributed by atoms with E-state index >= 15 is 0 Å². The number of benzene rings is 1. The molecule has 5 nitrogen and oxygen atoms in total. The molecule has 1 heterocycles. The number of carbonyl (C=O) groups is 1. The lowest BCUT2D eigenvalue weighted by Gasteiger charge is -2.08. The maximum Gasteiger partial charge on any atom is 0.261 e. The Labute approximate surface area is 125 Å². The zero-order valence-electron chi connectivity index (χ0n) is 10.8. The number of carbonyl (C=O) groups excluding carboxylic acids is 1. The molecule has 1 aromatic heterocycles. The summed E-state index contributed by atoms with van der Waals surface area (Å²) in [6.45, 7) is 1.54. The van der Waals surface area contributed by atoms with E-state index < -0.39 is 20.8 Å². The van der Waals surface area contributed by atoms with Gasteiger partial charge < -0.3 is 5.32 Å². The second-order valence-corrected chi connectivity index (χ2v) is 6.76. The number of nitrogens with zero attached hydrogens (tertiary/aromatic N) is 1. The van der Waals surface area contributed by atoms with Gasteiger partial charge in [-0.15, -0.1) is 0 Å². The van der Waals surface area contributed by atoms with Gasteiger partial charge in [-0.1, -0.05) is 0 Å². The summed E-state index contributed by atoms with van der Waals surface area (Å²) in [6, 6.07) is 5.33. The van der Waals surface area contributed by atoms with E-state index in [2.05, 4.69) is 10.3 Å². The van der Waals surface area contributed by atoms with Gasteiger partial charge in [0.15, 0.2) is 5.82 Å². The summed E-state index contributed by atoms with van der Waals surface area (Å²) < 4.78 is 36.0. The Morgan fingerprint density at radius 3 is 2.62 bits per heavy atom. The molecule has 0 aliphatic carbocycles. The molecule has 1 aromatic carbocycles. The van der Waals surface area contributed by atoms with Gasteiger partial charge in [-0.2, -0.15) is 0 Å². The van der Waals surface area contributed by atoms with Crippen LogP contribution in [0.3, 0.4) is 0 Å². The Morgan fingerprint density at radius 1 is 1.33 bits per heavy atom. The zero-order chi connectivity index (χ0) is 15.6. The summed E-state index contributed by atoms with van der Waals surface area (Å²) in [4.78, 5) is 15.4. The Balaban J connectivity index is 2.27. The number of hydrogen-bond acceptors (Lipinski definition) is 4. The Morgan fingerprint density at radius 2 is 2.05 bits per heavy atom. The molecule has 110 valence electrons. The predicted octanol–water partition coefficient (Wildman–Crippen LogP) is 2.71. The number of anilines is 1. The van der Waals surface area contributed by atoms with E-state index in [4.69, 9.17) is 10.7 Å². The first-order valence-corrected chi connectivity index (χ1v) is 8.06. The van der Waals surface area contributed by atoms with Crippen molar-refractivity contribution in [1.82, 2.24) is 4.98 Å². The highest BCUT2D eigenvalue weighted by molar-refractivity contribution is 8.13. The third-order valence-corrected chi connectivity index (χ3v) is 4.19. The minimum atomic E-state index is -3.85. The lowest BCUT2D eigenvalue weighted by atomic mass is 10.2. The van der Waals surface area contributed by atoms with Gasteiger partial charge in [-0.25, -0.2) is 12.8 Å². The van der Waals surface area contributed by atoms with Gasteiger partial charge in [-0.05, 0) is 36.8 Å². The minimum absolute atomic E-state index is 0.0442. The summed E-state index contributed by atoms with van der Waals surface area (Å²) >= 11 is 0. The van der Waals surface area contributed by atoms with Crippen molar-refractivity contribution in [2.45, 2.75) is 11.8 Å². The van der Waals surface area contributed by atoms with E-state index in [-0.39, 0.29) is 10.5 Å². The van der Waals surface area contributed by atoms with Crippen LogP contribution >= 0.6 is 10.7 Å². The Bertz CT molecular complexity index is 809. The molecule has 0 saturated heterocycles. The molecule has 0 aliphatic rings. The molecule has 0 fully saturated rings. The molecule has 1 N–H and O–H groups in total. The highest BCUT2D eigenvalue weighted by atomic mass is 35.7. The van der Waals surface area contributed by atoms with Crippen LogP contribution in [0, 0.1) is 12.7 Å². The normalized spacial score (nSPS) is 11.2. The summed E-state index contributed by atoms with van der Waals surface area (Å²) in [6.07, 6.45) is 2.23. The fourth-order valence-corrected chi connectivity index (χ4v) is 2.95. The van der Waals surface area contributed by atoms with Crippen LogP contribution in [-0.2, 0) is 9.05 Å². The van der Waals surface area contributed by atoms with Crippen LogP contribution < -0.4 is 5.32 Å². The van der Waals surface area contributed by atoms with Gasteiger partial charge >= 0.3 is 0 Å². The molecule has 0 unspecified atom stereocenters. The van der Waals surface area contributed by atoms with Gasteiger partial charge in [0.05, 0.1) is 16.7 Å². The number of hydrogen-bond donors (Lipinski definition) is 1. The lowest BCUT2D eigenvalue weighted by molar-refractivity contribution is 0.102. The van der Waals surface area contributed by atoms with E-state index in [0.717, 1.165) is 6.20 Å². The molecule has 0 bridgehead atoms. The van der Waals surface area contributed by atoms with Crippen LogP contribution in [0.1, 0.15) is 15.9 Å². The smallest absolute Gasteiger partial charge is 0.261 e. The number of aryl methyl sites for hydroxylation is 1. The maximum atomic E-state index is 13.4. The number of amides is 1. The monoisotopic (exact) mass is 328 g/mol. The highest BCUT2D eigenvalue weighted by Gasteiger charge is 2.15. The summed E-state index contributed by atoms with van der Waals surface area (Å²) in [5.74, 6) is -1.40. The van der Waals surface area contributed by atoms with Crippen LogP contribution in [0.4, 0.5) is 10.1 Å². The van der Waals surface area contributed by atoms with E-state index in [1.807, 2.05) is 0 Å². The van der Waals surface area contributed by atoms with Gasteiger partial charge in [0.1, 0.15) is 0 Å². The third-order valence-electron chi connectivity index (χ3n) is 2.71. The van der Waals surface area contributed by atoms with Crippen molar-refractivity contribution in [3.63, 3.8) is 0 Å². The van der Waals surface area contributed by atoms with Crippen LogP contribution in [0.25, 0.3) is 0 Å². The SMILES string of the molecule is Cc1cc(NC(=O)c2ccncc2F)ccc1S(=O)(=O)Cl. The molecule has 0 atom stereocenters. The second-order valence-electron chi connectivity index (χ2n) is 4.23. The molecule has 2 rings (SSSR count). The van der Waals surface area contributed by atoms with Gasteiger partial charge in [0.25, 0.3) is 15.0 Å². The predicted molar refractivity (Wildman–Crippen MR) is 76.4 cm³/mol. The quantitative estimate of drug-likeness (QED) is 0.879. The number of aromatic nitrogens is 1. The maximum absolute atomic E-state index is 13.4. The molecule has 1 amide bonds. The van der Waals surface area contributed by atoms with Crippen LogP contribution in [0.5, 0.6) is 0 Å². The van der Waals surface area contributed by atoms with Crippen molar-refractivity contribution in [2.75, 3.05) is 5.32 Å². The lowest BCUT2D eigenvalue weighted by Crippen LogP contribution is -2.14. The van der Waals surface area contributed by atoms with Gasteiger partial charge in [-0.3, -0.25) is 9.78 Å². The van der Waals surface area contributed by atoms with Crippen LogP contribution in [0.2, 0.25) is 0 Å². The standard InChI is InChI=1S/C13H10ClFN2O3S/c1-8-6-9(2-3-12(8)21(14,19)20)17-13(18)10-4-5-16-7-11(10)15/h2-7H,1H3,(H,17,18). The number of nitrogens with one attached hydrogen (secondary N) is 1. The van der Waals surface area contributed by atoms with E-state index in [0.29, 0.717) is 11.3 Å². The first-order chi connectivity index (χ1) is 9.79. The van der Waals surface area contributed by atoms with Crippen LogP contribution in [-0.4, -0.2) is 19.3 Å². The molecule has 8 heteroatoms. The van der Waals surface area contributed by atoms with Crippen molar-refractivity contribution in [1.29, 1.82) is 0 Å². The van der Waals surface area contributed by atoms with Crippen molar-refractivity contribution in [2.24, 2.45) is 0 Å². The van der Waals surface area contributed by atoms with Crippen LogP contribution in [0.15, 0.2) is 41.6 Å². The largest absolute Gasteiger partial charge is 0.322 e. The van der Waals surface area contributed by atoms with Crippen molar-refractivity contribution >= 4 is 31.3 Å². The van der Waals surface area contributed by atoms with Crippen molar-refractivity contribution in [3.05, 3.63) is 53.6 Å². The Kier molecular flexibility index (Phi) is 4.24. The molecular weight excluding hydrogens is 319 g/mol. The minimum Gasteiger partial charge on any atom is -0.322 e. The molecule has 0 radical (unpaired) electrons. The first kappa shape index (κ1) is 15.4. The molecule has 2 aromatic rings. The summed E-state index contributed by atoms with van der Waals surface area (Å²) in [7, 11) is 1.42. The number of pyridine rings is 1. The Hall–Kier alpha value is -1.99. The summed E-state index contributed by atoms with van der Waals surface area (Å²) in [5.41, 5.74) is 0.549. The van der Waals surface area contributed by atoms with E-state index in [1.165, 1.54) is 37.4 Å². The second kappa shape index (κ2) is 5.79. The molecule has 21 heavy (non-hydrogen) atoms. The molecule has 0 saturated carbocycles. The molecule has 0 spiro atoms. The first-order valence-electron chi connectivity index (χ1n) is 5.75. The number of rotatable bonds is 3. The van der Waals surface area contributed by atoms with Crippen molar-refractivity contribution < 1.29 is 17.6 Å². The third kappa shape index (κ3) is 3.56. The fraction of sp³-hybridized carbons (Fsp3) is 0.0769. The zero-order valence-corrected chi connectivity index (χ0v) is 12.4. The average Bonchev–Trinajstić information content (AvgIpc) is 2.37. The van der Waals surface area contributed by atoms with Gasteiger partial charge in [0.2, 0.25) is 0 Å². The average molecular weight is 329 g/mol. The number of halogens is 2. The van der Waals surface area contributed by atoms with Crippen molar-refractivity contribution in [3.8, 4) is 0 Å². The molecule has 0 aliphatic heterocycles. The van der Waals surface area contributed by atoms with E-state index in [1.54, 1.807) is 0 Å². The fourth-order valence-electron chi connectivity index (χ4n) is 1.76. The topological polar surface area (TPSA) is 76.1 Å². The van der Waals surface area contributed by atoms with Gasteiger partial charge in [0, 0.05) is 22.6 Å². The van der Waals surface area contributed by atoms with E-state index in [9.17, 15) is 17.6 Å². The summed E-state index contributed by atoms with van der Waals surface area (Å²) in [5, 5.41) is 2.47.